The smallest absolute Gasteiger partial charge is 0.180 e. The highest BCUT2D eigenvalue weighted by Gasteiger charge is 2.37. The van der Waals surface area contributed by atoms with Crippen LogP contribution < -0.4 is 5.73 Å². The minimum atomic E-state index is -1.23. The van der Waals surface area contributed by atoms with Gasteiger partial charge in [-0.3, -0.25) is 0 Å². The SMILES string of the molecule is Cc1ncnc2nc[nH]c12.NC(O)[C@H]1OC[C@H](O)[C@@H]1O. The molecule has 6 N–H and O–H groups in total. The zero-order valence-electron chi connectivity index (χ0n) is 10.8. The molecule has 3 rings (SSSR count). The Morgan fingerprint density at radius 2 is 2.15 bits per heavy atom. The van der Waals surface area contributed by atoms with Crippen LogP contribution in [0.1, 0.15) is 5.69 Å². The van der Waals surface area contributed by atoms with Crippen LogP contribution >= 0.6 is 0 Å². The summed E-state index contributed by atoms with van der Waals surface area (Å²) in [6.07, 6.45) is -0.949. The van der Waals surface area contributed by atoms with Crippen molar-refractivity contribution < 1.29 is 20.1 Å². The van der Waals surface area contributed by atoms with E-state index in [4.69, 9.17) is 25.8 Å². The number of aryl methyl sites for hydroxylation is 1. The number of rotatable bonds is 1. The minimum absolute atomic E-state index is 0.0279. The van der Waals surface area contributed by atoms with Gasteiger partial charge in [-0.1, -0.05) is 0 Å². The van der Waals surface area contributed by atoms with Gasteiger partial charge in [-0.25, -0.2) is 15.0 Å². The first kappa shape index (κ1) is 14.8. The number of fused-ring (bicyclic) bond motifs is 1. The first-order valence-corrected chi connectivity index (χ1v) is 6.02. The molecule has 4 atom stereocenters. The number of nitrogens with one attached hydrogen (secondary N) is 1. The number of H-pyrrole nitrogens is 1. The number of aliphatic hydroxyl groups is 3. The molecule has 0 aromatic carbocycles. The molecule has 20 heavy (non-hydrogen) atoms. The Labute approximate surface area is 114 Å². The van der Waals surface area contributed by atoms with E-state index >= 15 is 0 Å². The molecule has 1 saturated heterocycles. The van der Waals surface area contributed by atoms with Crippen LogP contribution in [0.2, 0.25) is 0 Å². The third-order valence-electron chi connectivity index (χ3n) is 2.94. The molecule has 2 aromatic rings. The van der Waals surface area contributed by atoms with Crippen molar-refractivity contribution in [2.24, 2.45) is 5.73 Å². The van der Waals surface area contributed by atoms with Crippen LogP contribution in [0.15, 0.2) is 12.7 Å². The van der Waals surface area contributed by atoms with Crippen molar-refractivity contribution in [2.75, 3.05) is 6.61 Å². The van der Waals surface area contributed by atoms with E-state index in [1.807, 2.05) is 6.92 Å². The van der Waals surface area contributed by atoms with E-state index in [9.17, 15) is 0 Å². The molecular formula is C11H17N5O4. The molecule has 0 spiro atoms. The van der Waals surface area contributed by atoms with E-state index in [1.54, 1.807) is 6.33 Å². The van der Waals surface area contributed by atoms with Crippen molar-refractivity contribution in [3.63, 3.8) is 0 Å². The van der Waals surface area contributed by atoms with Gasteiger partial charge in [0.15, 0.2) is 5.65 Å². The Morgan fingerprint density at radius 1 is 1.40 bits per heavy atom. The Morgan fingerprint density at radius 3 is 2.65 bits per heavy atom. The van der Waals surface area contributed by atoms with E-state index in [1.165, 1.54) is 6.33 Å². The lowest BCUT2D eigenvalue weighted by molar-refractivity contribution is -0.0477. The van der Waals surface area contributed by atoms with Crippen molar-refractivity contribution >= 4 is 11.2 Å². The van der Waals surface area contributed by atoms with Gasteiger partial charge in [-0.05, 0) is 6.92 Å². The molecule has 0 aliphatic carbocycles. The predicted octanol–water partition coefficient (Wildman–Crippen LogP) is -1.95. The fourth-order valence-corrected chi connectivity index (χ4v) is 1.81. The molecule has 110 valence electrons. The molecule has 0 saturated carbocycles. The zero-order valence-corrected chi connectivity index (χ0v) is 10.8. The summed E-state index contributed by atoms with van der Waals surface area (Å²) in [5.74, 6) is 0. The summed E-state index contributed by atoms with van der Waals surface area (Å²) in [6.45, 7) is 1.95. The van der Waals surface area contributed by atoms with Crippen molar-refractivity contribution in [1.82, 2.24) is 19.9 Å². The monoisotopic (exact) mass is 283 g/mol. The summed E-state index contributed by atoms with van der Waals surface area (Å²) < 4.78 is 4.76. The van der Waals surface area contributed by atoms with Gasteiger partial charge in [0.05, 0.1) is 18.6 Å². The fourth-order valence-electron chi connectivity index (χ4n) is 1.81. The molecule has 9 heteroatoms. The normalized spacial score (nSPS) is 27.1. The summed E-state index contributed by atoms with van der Waals surface area (Å²) in [4.78, 5) is 14.9. The number of ether oxygens (including phenoxy) is 1. The van der Waals surface area contributed by atoms with Crippen LogP contribution in [-0.4, -0.2) is 66.4 Å². The average molecular weight is 283 g/mol. The molecule has 2 aromatic heterocycles. The molecule has 0 amide bonds. The molecule has 3 heterocycles. The van der Waals surface area contributed by atoms with Gasteiger partial charge in [-0.2, -0.15) is 0 Å². The van der Waals surface area contributed by atoms with Gasteiger partial charge in [-0.15, -0.1) is 0 Å². The Balaban J connectivity index is 0.000000147. The van der Waals surface area contributed by atoms with Crippen LogP contribution in [0.4, 0.5) is 0 Å². The average Bonchev–Trinajstić information content (AvgIpc) is 2.99. The number of aliphatic hydroxyl groups excluding tert-OH is 3. The van der Waals surface area contributed by atoms with Gasteiger partial charge in [0.1, 0.15) is 36.4 Å². The lowest BCUT2D eigenvalue weighted by atomic mass is 10.1. The number of aromatic nitrogens is 4. The van der Waals surface area contributed by atoms with Gasteiger partial charge in [0, 0.05) is 0 Å². The maximum absolute atomic E-state index is 9.01. The Bertz CT molecular complexity index is 560. The third kappa shape index (κ3) is 3.08. The van der Waals surface area contributed by atoms with Crippen LogP contribution in [0, 0.1) is 6.92 Å². The molecule has 1 aliphatic heterocycles. The number of nitrogens with zero attached hydrogens (tertiary/aromatic N) is 3. The topological polar surface area (TPSA) is 150 Å². The highest BCUT2D eigenvalue weighted by molar-refractivity contribution is 5.71. The summed E-state index contributed by atoms with van der Waals surface area (Å²) in [5.41, 5.74) is 7.59. The van der Waals surface area contributed by atoms with Crippen molar-refractivity contribution in [1.29, 1.82) is 0 Å². The summed E-state index contributed by atoms with van der Waals surface area (Å²) in [6, 6.07) is 0. The molecular weight excluding hydrogens is 266 g/mol. The summed E-state index contributed by atoms with van der Waals surface area (Å²) >= 11 is 0. The largest absolute Gasteiger partial charge is 0.388 e. The Hall–Kier alpha value is -1.65. The van der Waals surface area contributed by atoms with Gasteiger partial charge >= 0.3 is 0 Å². The number of hydrogen-bond donors (Lipinski definition) is 5. The fraction of sp³-hybridized carbons (Fsp3) is 0.545. The molecule has 0 radical (unpaired) electrons. The van der Waals surface area contributed by atoms with Crippen LogP contribution in [-0.2, 0) is 4.74 Å². The van der Waals surface area contributed by atoms with Crippen molar-refractivity contribution in [3.8, 4) is 0 Å². The summed E-state index contributed by atoms with van der Waals surface area (Å²) in [7, 11) is 0. The predicted molar refractivity (Wildman–Crippen MR) is 68.4 cm³/mol. The zero-order chi connectivity index (χ0) is 14.7. The van der Waals surface area contributed by atoms with E-state index in [-0.39, 0.29) is 6.61 Å². The third-order valence-corrected chi connectivity index (χ3v) is 2.94. The lowest BCUT2D eigenvalue weighted by Gasteiger charge is -2.16. The number of imidazole rings is 1. The van der Waals surface area contributed by atoms with Crippen LogP contribution in [0.25, 0.3) is 11.2 Å². The van der Waals surface area contributed by atoms with E-state index in [2.05, 4.69) is 19.9 Å². The number of hydrogen-bond acceptors (Lipinski definition) is 8. The summed E-state index contributed by atoms with van der Waals surface area (Å²) in [5, 5.41) is 26.6. The maximum Gasteiger partial charge on any atom is 0.180 e. The van der Waals surface area contributed by atoms with Crippen LogP contribution in [0.5, 0.6) is 0 Å². The standard InChI is InChI=1S/C6H6N4.C5H11NO4/c1-4-5-6(9-2-7-4)10-3-8-5;6-5(9)4-3(8)2(7)1-10-4/h2-3H,1H3,(H,7,8,9,10);2-5,7-9H,1,6H2/t;2-,3-,4-,5?/m.0/s1. The highest BCUT2D eigenvalue weighted by Crippen LogP contribution is 2.15. The van der Waals surface area contributed by atoms with Crippen LogP contribution in [0.3, 0.4) is 0 Å². The molecule has 1 unspecified atom stereocenters. The quantitative estimate of drug-likeness (QED) is 0.379. The first-order chi connectivity index (χ1) is 9.50. The molecule has 9 nitrogen and oxygen atoms in total. The van der Waals surface area contributed by atoms with Gasteiger partial charge < -0.3 is 30.8 Å². The highest BCUT2D eigenvalue weighted by atomic mass is 16.5. The number of nitrogens with two attached hydrogens (primary N) is 1. The second kappa shape index (κ2) is 6.20. The van der Waals surface area contributed by atoms with Gasteiger partial charge in [0.2, 0.25) is 0 Å². The molecule has 1 fully saturated rings. The van der Waals surface area contributed by atoms with E-state index in [0.717, 1.165) is 16.9 Å². The van der Waals surface area contributed by atoms with E-state index in [0.29, 0.717) is 0 Å². The number of aromatic amines is 1. The van der Waals surface area contributed by atoms with Gasteiger partial charge in [0.25, 0.3) is 0 Å². The molecule has 1 aliphatic rings. The Kier molecular flexibility index (Phi) is 4.57. The minimum Gasteiger partial charge on any atom is -0.388 e. The second-order valence-electron chi connectivity index (χ2n) is 4.41. The van der Waals surface area contributed by atoms with Crippen molar-refractivity contribution in [3.05, 3.63) is 18.3 Å². The van der Waals surface area contributed by atoms with Crippen molar-refractivity contribution in [2.45, 2.75) is 31.5 Å². The lowest BCUT2D eigenvalue weighted by Crippen LogP contribution is -2.43. The second-order valence-corrected chi connectivity index (χ2v) is 4.41. The maximum atomic E-state index is 9.01. The van der Waals surface area contributed by atoms with E-state index < -0.39 is 24.5 Å². The first-order valence-electron chi connectivity index (χ1n) is 6.02. The molecule has 0 bridgehead atoms.